The van der Waals surface area contributed by atoms with Crippen LogP contribution in [0.5, 0.6) is 0 Å². The van der Waals surface area contributed by atoms with Gasteiger partial charge in [0.1, 0.15) is 11.6 Å². The number of fused-ring (bicyclic) bond motifs is 4. The molecule has 9 heteroatoms. The monoisotopic (exact) mass is 865 g/mol. The maximum absolute atomic E-state index is 16.0. The van der Waals surface area contributed by atoms with Crippen LogP contribution in [0, 0.1) is 0 Å². The predicted octanol–water partition coefficient (Wildman–Crippen LogP) is 10.6. The molecule has 1 aliphatic carbocycles. The van der Waals surface area contributed by atoms with Crippen LogP contribution in [-0.4, -0.2) is 70.9 Å². The topological polar surface area (TPSA) is 108 Å². The van der Waals surface area contributed by atoms with Crippen molar-refractivity contribution >= 4 is 28.7 Å². The van der Waals surface area contributed by atoms with Crippen LogP contribution < -0.4 is 5.32 Å². The van der Waals surface area contributed by atoms with Crippen LogP contribution in [0.3, 0.4) is 0 Å². The molecule has 2 N–H and O–H groups in total. The Bertz CT molecular complexity index is 2570. The van der Waals surface area contributed by atoms with Crippen molar-refractivity contribution in [3.05, 3.63) is 215 Å². The maximum atomic E-state index is 16.0. The molecule has 0 heterocycles. The zero-order chi connectivity index (χ0) is 45.3. The fourth-order valence-electron chi connectivity index (χ4n) is 9.57. The Hall–Kier alpha value is -7.07. The van der Waals surface area contributed by atoms with Gasteiger partial charge in [0.2, 0.25) is 11.8 Å². The van der Waals surface area contributed by atoms with Gasteiger partial charge >= 0.3 is 6.09 Å². The van der Waals surface area contributed by atoms with E-state index < -0.39 is 54.2 Å². The SMILES string of the molecule is CCOC(OCC)[C@H](C)N(Cc1cccc2ccccc12)C(=O)[C@H](CC(=O)NC(c1ccccc1)(c1ccccc1)c1ccccc1)N(CC1c2ccccc2-c2ccccc21)C(=O)O. The first-order valence-corrected chi connectivity index (χ1v) is 22.4. The van der Waals surface area contributed by atoms with Gasteiger partial charge in [-0.3, -0.25) is 14.5 Å². The molecule has 0 aliphatic heterocycles. The number of nitrogens with one attached hydrogen (secondary N) is 1. The highest BCUT2D eigenvalue weighted by Crippen LogP contribution is 2.45. The van der Waals surface area contributed by atoms with E-state index in [0.29, 0.717) is 13.2 Å². The third-order valence-corrected chi connectivity index (χ3v) is 12.6. The molecule has 7 aromatic rings. The van der Waals surface area contributed by atoms with Crippen molar-refractivity contribution in [2.45, 2.75) is 63.6 Å². The summed E-state index contributed by atoms with van der Waals surface area (Å²) in [5.41, 5.74) is 5.98. The number of carbonyl (C=O) groups is 3. The lowest BCUT2D eigenvalue weighted by Gasteiger charge is -2.40. The summed E-state index contributed by atoms with van der Waals surface area (Å²) < 4.78 is 12.3. The van der Waals surface area contributed by atoms with Gasteiger partial charge in [-0.25, -0.2) is 4.79 Å². The third-order valence-electron chi connectivity index (χ3n) is 12.6. The summed E-state index contributed by atoms with van der Waals surface area (Å²) in [5, 5.41) is 16.8. The van der Waals surface area contributed by atoms with Crippen LogP contribution in [0.25, 0.3) is 21.9 Å². The van der Waals surface area contributed by atoms with E-state index in [0.717, 1.165) is 55.3 Å². The summed E-state index contributed by atoms with van der Waals surface area (Å²) >= 11 is 0. The quantitative estimate of drug-likeness (QED) is 0.0657. The van der Waals surface area contributed by atoms with Crippen molar-refractivity contribution in [2.24, 2.45) is 0 Å². The van der Waals surface area contributed by atoms with E-state index in [9.17, 15) is 9.90 Å². The molecule has 0 saturated heterocycles. The Morgan fingerprint density at radius 1 is 0.615 bits per heavy atom. The lowest BCUT2D eigenvalue weighted by atomic mass is 9.77. The van der Waals surface area contributed by atoms with E-state index >= 15 is 9.59 Å². The second-order valence-corrected chi connectivity index (χ2v) is 16.4. The van der Waals surface area contributed by atoms with Gasteiger partial charge in [0.15, 0.2) is 6.29 Å². The molecule has 8 rings (SSSR count). The molecule has 3 amide bonds. The first-order chi connectivity index (χ1) is 31.7. The van der Waals surface area contributed by atoms with Crippen LogP contribution in [0.2, 0.25) is 0 Å². The highest BCUT2D eigenvalue weighted by molar-refractivity contribution is 5.93. The summed E-state index contributed by atoms with van der Waals surface area (Å²) in [4.78, 5) is 48.2. The molecule has 2 atom stereocenters. The number of hydrogen-bond acceptors (Lipinski definition) is 5. The summed E-state index contributed by atoms with van der Waals surface area (Å²) in [6.45, 7) is 6.25. The van der Waals surface area contributed by atoms with Crippen LogP contribution in [-0.2, 0) is 31.1 Å². The van der Waals surface area contributed by atoms with Gasteiger partial charge in [-0.05, 0) is 76.1 Å². The highest BCUT2D eigenvalue weighted by Gasteiger charge is 2.44. The minimum Gasteiger partial charge on any atom is -0.465 e. The molecule has 0 unspecified atom stereocenters. The van der Waals surface area contributed by atoms with Gasteiger partial charge in [-0.1, -0.05) is 182 Å². The highest BCUT2D eigenvalue weighted by atomic mass is 16.7. The molecule has 0 aromatic heterocycles. The van der Waals surface area contributed by atoms with Crippen molar-refractivity contribution in [3.8, 4) is 11.1 Å². The van der Waals surface area contributed by atoms with Crippen molar-refractivity contribution in [1.29, 1.82) is 0 Å². The largest absolute Gasteiger partial charge is 0.465 e. The van der Waals surface area contributed by atoms with Crippen LogP contribution in [0.15, 0.2) is 182 Å². The number of nitrogens with zero attached hydrogens (tertiary/aromatic N) is 2. The molecule has 0 spiro atoms. The van der Waals surface area contributed by atoms with Gasteiger partial charge in [-0.2, -0.15) is 0 Å². The molecule has 1 aliphatic rings. The second-order valence-electron chi connectivity index (χ2n) is 16.4. The molecular weight excluding hydrogens is 811 g/mol. The Balaban J connectivity index is 1.27. The number of benzene rings is 7. The molecule has 0 saturated carbocycles. The number of hydrogen-bond donors (Lipinski definition) is 2. The van der Waals surface area contributed by atoms with E-state index in [1.54, 1.807) is 4.90 Å². The van der Waals surface area contributed by atoms with Crippen LogP contribution in [0.4, 0.5) is 4.79 Å². The summed E-state index contributed by atoms with van der Waals surface area (Å²) in [5.74, 6) is -1.46. The van der Waals surface area contributed by atoms with Crippen LogP contribution >= 0.6 is 0 Å². The Morgan fingerprint density at radius 2 is 1.09 bits per heavy atom. The van der Waals surface area contributed by atoms with E-state index in [2.05, 4.69) is 5.32 Å². The molecular formula is C56H55N3O6. The number of carboxylic acid groups (broad SMARTS) is 1. The minimum absolute atomic E-state index is 0.0783. The number of rotatable bonds is 18. The fourth-order valence-corrected chi connectivity index (χ4v) is 9.57. The van der Waals surface area contributed by atoms with Crippen molar-refractivity contribution in [3.63, 3.8) is 0 Å². The zero-order valence-electron chi connectivity index (χ0n) is 37.0. The zero-order valence-corrected chi connectivity index (χ0v) is 37.0. The standard InChI is InChI=1S/C56H55N3O6/c1-4-64-54(65-5-2)39(3)58(37-41-24-21-23-40-22-15-16-31-45(40)41)53(61)51(59(55(62)63)38-50-48-34-19-17-32-46(48)47-33-18-20-35-49(47)50)36-52(60)57-56(42-25-9-6-10-26-42,43-27-11-7-12-28-43)44-29-13-8-14-30-44/h6-35,39,50-51,54H,4-5,36-38H2,1-3H3,(H,57,60)(H,62,63)/t39-,51-/m0/s1. The second kappa shape index (κ2) is 20.2. The maximum Gasteiger partial charge on any atom is 0.408 e. The summed E-state index contributed by atoms with van der Waals surface area (Å²) in [7, 11) is 0. The van der Waals surface area contributed by atoms with E-state index in [1.165, 1.54) is 4.90 Å². The van der Waals surface area contributed by atoms with Gasteiger partial charge in [0.05, 0.1) is 12.5 Å². The normalized spacial score (nSPS) is 13.2. The summed E-state index contributed by atoms with van der Waals surface area (Å²) in [6.07, 6.45) is -2.64. The Labute approximate surface area is 381 Å². The Morgan fingerprint density at radius 3 is 1.62 bits per heavy atom. The molecule has 65 heavy (non-hydrogen) atoms. The van der Waals surface area contributed by atoms with Gasteiger partial charge in [0.25, 0.3) is 0 Å². The lowest BCUT2D eigenvalue weighted by molar-refractivity contribution is -0.181. The third kappa shape index (κ3) is 9.16. The number of ether oxygens (including phenoxy) is 2. The van der Waals surface area contributed by atoms with Gasteiger partial charge in [0, 0.05) is 32.2 Å². The van der Waals surface area contributed by atoms with Crippen molar-refractivity contribution < 1.29 is 29.0 Å². The van der Waals surface area contributed by atoms with E-state index in [1.807, 2.05) is 203 Å². The number of amides is 3. The molecule has 0 bridgehead atoms. The average molecular weight is 866 g/mol. The summed E-state index contributed by atoms with van der Waals surface area (Å²) in [6, 6.07) is 56.8. The average Bonchev–Trinajstić information content (AvgIpc) is 3.66. The molecule has 0 fully saturated rings. The van der Waals surface area contributed by atoms with Gasteiger partial charge in [-0.15, -0.1) is 0 Å². The van der Waals surface area contributed by atoms with E-state index in [4.69, 9.17) is 9.47 Å². The van der Waals surface area contributed by atoms with Crippen LogP contribution in [0.1, 0.15) is 66.5 Å². The number of carbonyl (C=O) groups excluding carboxylic acids is 2. The predicted molar refractivity (Wildman–Crippen MR) is 255 cm³/mol. The van der Waals surface area contributed by atoms with Gasteiger partial charge < -0.3 is 24.8 Å². The smallest absolute Gasteiger partial charge is 0.408 e. The van der Waals surface area contributed by atoms with E-state index in [-0.39, 0.29) is 13.1 Å². The first kappa shape index (κ1) is 44.5. The molecule has 330 valence electrons. The molecule has 0 radical (unpaired) electrons. The fraction of sp³-hybridized carbons (Fsp3) is 0.232. The molecule has 9 nitrogen and oxygen atoms in total. The van der Waals surface area contributed by atoms with Crippen molar-refractivity contribution in [2.75, 3.05) is 19.8 Å². The minimum atomic E-state index is -1.48. The lowest BCUT2D eigenvalue weighted by Crippen LogP contribution is -2.58. The van der Waals surface area contributed by atoms with Crippen molar-refractivity contribution in [1.82, 2.24) is 15.1 Å². The first-order valence-electron chi connectivity index (χ1n) is 22.4. The molecule has 7 aromatic carbocycles. The Kier molecular flexibility index (Phi) is 13.8.